The molecule has 1 amide bonds. The van der Waals surface area contributed by atoms with Gasteiger partial charge in [-0.15, -0.1) is 11.3 Å². The van der Waals surface area contributed by atoms with Crippen molar-refractivity contribution in [1.29, 1.82) is 0 Å². The summed E-state index contributed by atoms with van der Waals surface area (Å²) in [6, 6.07) is 12.2. The molecular weight excluding hydrogens is 282 g/mol. The van der Waals surface area contributed by atoms with E-state index in [1.54, 1.807) is 18.4 Å². The van der Waals surface area contributed by atoms with Crippen LogP contribution in [-0.2, 0) is 16.6 Å². The van der Waals surface area contributed by atoms with Crippen LogP contribution >= 0.6 is 11.3 Å². The largest absolute Gasteiger partial charge is 0.497 e. The molecule has 1 heterocycles. The Bertz CT molecular complexity index is 600. The van der Waals surface area contributed by atoms with Crippen molar-refractivity contribution in [2.75, 3.05) is 13.7 Å². The van der Waals surface area contributed by atoms with Crippen LogP contribution in [0, 0.1) is 0 Å². The minimum Gasteiger partial charge on any atom is -0.497 e. The summed E-state index contributed by atoms with van der Waals surface area (Å²) in [5, 5.41) is 5.09. The molecule has 1 aromatic heterocycles. The van der Waals surface area contributed by atoms with E-state index in [9.17, 15) is 4.79 Å². The first kappa shape index (κ1) is 14.1. The van der Waals surface area contributed by atoms with Crippen molar-refractivity contribution >= 4 is 17.2 Å². The zero-order chi connectivity index (χ0) is 14.7. The first-order chi connectivity index (χ1) is 10.2. The Labute approximate surface area is 129 Å². The second-order valence-corrected chi connectivity index (χ2v) is 6.57. The van der Waals surface area contributed by atoms with E-state index in [2.05, 4.69) is 17.4 Å². The third-order valence-corrected chi connectivity index (χ3v) is 4.97. The van der Waals surface area contributed by atoms with Gasteiger partial charge < -0.3 is 10.1 Å². The number of hydrogen-bond donors (Lipinski definition) is 1. The van der Waals surface area contributed by atoms with Crippen LogP contribution in [0.1, 0.15) is 23.3 Å². The second-order valence-electron chi connectivity index (χ2n) is 5.54. The van der Waals surface area contributed by atoms with E-state index in [0.29, 0.717) is 6.42 Å². The number of hydrogen-bond acceptors (Lipinski definition) is 3. The molecule has 3 rings (SSSR count). The van der Waals surface area contributed by atoms with Crippen LogP contribution in [0.25, 0.3) is 0 Å². The van der Waals surface area contributed by atoms with Gasteiger partial charge in [-0.1, -0.05) is 18.2 Å². The molecule has 0 saturated heterocycles. The zero-order valence-corrected chi connectivity index (χ0v) is 12.9. The van der Waals surface area contributed by atoms with Crippen molar-refractivity contribution in [3.8, 4) is 5.75 Å². The summed E-state index contributed by atoms with van der Waals surface area (Å²) in [6.07, 6.45) is 2.76. The van der Waals surface area contributed by atoms with E-state index in [1.165, 1.54) is 5.56 Å². The Morgan fingerprint density at radius 1 is 1.29 bits per heavy atom. The van der Waals surface area contributed by atoms with Gasteiger partial charge in [0, 0.05) is 16.8 Å². The van der Waals surface area contributed by atoms with Gasteiger partial charge in [0.1, 0.15) is 5.75 Å². The summed E-state index contributed by atoms with van der Waals surface area (Å²) in [7, 11) is 1.67. The Morgan fingerprint density at radius 2 is 2.05 bits per heavy atom. The predicted octanol–water partition coefficient (Wildman–Crippen LogP) is 3.15. The Morgan fingerprint density at radius 3 is 2.62 bits per heavy atom. The monoisotopic (exact) mass is 301 g/mol. The van der Waals surface area contributed by atoms with Crippen LogP contribution in [0.3, 0.4) is 0 Å². The molecule has 1 aliphatic rings. The highest BCUT2D eigenvalue weighted by Crippen LogP contribution is 2.47. The predicted molar refractivity (Wildman–Crippen MR) is 84.9 cm³/mol. The molecule has 2 aromatic rings. The van der Waals surface area contributed by atoms with Gasteiger partial charge in [-0.2, -0.15) is 0 Å². The number of amides is 1. The SMILES string of the molecule is COc1ccc(C2(CNC(=O)Cc3cccs3)CC2)cc1. The number of rotatable bonds is 6. The summed E-state index contributed by atoms with van der Waals surface area (Å²) < 4.78 is 5.19. The average Bonchev–Trinajstić information content (AvgIpc) is 3.14. The van der Waals surface area contributed by atoms with Gasteiger partial charge in [0.15, 0.2) is 0 Å². The van der Waals surface area contributed by atoms with E-state index in [4.69, 9.17) is 4.74 Å². The highest BCUT2D eigenvalue weighted by molar-refractivity contribution is 7.10. The maximum atomic E-state index is 12.0. The molecule has 1 aliphatic carbocycles. The van der Waals surface area contributed by atoms with Crippen LogP contribution in [0.2, 0.25) is 0 Å². The normalized spacial score (nSPS) is 15.5. The maximum absolute atomic E-state index is 12.0. The Balaban J connectivity index is 1.57. The van der Waals surface area contributed by atoms with Crippen LogP contribution in [-0.4, -0.2) is 19.6 Å². The number of nitrogens with one attached hydrogen (secondary N) is 1. The van der Waals surface area contributed by atoms with Gasteiger partial charge in [0.25, 0.3) is 0 Å². The molecule has 0 atom stereocenters. The van der Waals surface area contributed by atoms with Gasteiger partial charge in [-0.25, -0.2) is 0 Å². The zero-order valence-electron chi connectivity index (χ0n) is 12.1. The van der Waals surface area contributed by atoms with Crippen molar-refractivity contribution in [1.82, 2.24) is 5.32 Å². The molecule has 1 saturated carbocycles. The summed E-state index contributed by atoms with van der Waals surface area (Å²) in [4.78, 5) is 13.1. The van der Waals surface area contributed by atoms with E-state index in [-0.39, 0.29) is 11.3 Å². The molecule has 21 heavy (non-hydrogen) atoms. The highest BCUT2D eigenvalue weighted by atomic mass is 32.1. The molecule has 0 bridgehead atoms. The molecule has 110 valence electrons. The third kappa shape index (κ3) is 3.27. The maximum Gasteiger partial charge on any atom is 0.225 e. The van der Waals surface area contributed by atoms with E-state index < -0.39 is 0 Å². The van der Waals surface area contributed by atoms with Gasteiger partial charge >= 0.3 is 0 Å². The lowest BCUT2D eigenvalue weighted by molar-refractivity contribution is -0.120. The van der Waals surface area contributed by atoms with Crippen molar-refractivity contribution in [2.45, 2.75) is 24.7 Å². The Hall–Kier alpha value is -1.81. The van der Waals surface area contributed by atoms with Gasteiger partial charge in [-0.05, 0) is 42.0 Å². The summed E-state index contributed by atoms with van der Waals surface area (Å²) in [6.45, 7) is 0.726. The van der Waals surface area contributed by atoms with Crippen LogP contribution in [0.4, 0.5) is 0 Å². The van der Waals surface area contributed by atoms with E-state index in [0.717, 1.165) is 30.0 Å². The van der Waals surface area contributed by atoms with Crippen molar-refractivity contribution in [2.24, 2.45) is 0 Å². The quantitative estimate of drug-likeness (QED) is 0.890. The fraction of sp³-hybridized carbons (Fsp3) is 0.353. The van der Waals surface area contributed by atoms with Crippen molar-refractivity contribution in [3.05, 3.63) is 52.2 Å². The molecule has 3 nitrogen and oxygen atoms in total. The fourth-order valence-electron chi connectivity index (χ4n) is 2.56. The minimum atomic E-state index is 0.109. The van der Waals surface area contributed by atoms with Crippen molar-refractivity contribution < 1.29 is 9.53 Å². The van der Waals surface area contributed by atoms with Crippen LogP contribution in [0.15, 0.2) is 41.8 Å². The van der Waals surface area contributed by atoms with Crippen LogP contribution in [0.5, 0.6) is 5.75 Å². The smallest absolute Gasteiger partial charge is 0.225 e. The first-order valence-corrected chi connectivity index (χ1v) is 8.03. The third-order valence-electron chi connectivity index (χ3n) is 4.09. The molecule has 0 radical (unpaired) electrons. The number of benzene rings is 1. The summed E-state index contributed by atoms with van der Waals surface area (Å²) >= 11 is 1.63. The van der Waals surface area contributed by atoms with Crippen molar-refractivity contribution in [3.63, 3.8) is 0 Å². The van der Waals surface area contributed by atoms with Crippen LogP contribution < -0.4 is 10.1 Å². The number of methoxy groups -OCH3 is 1. The highest BCUT2D eigenvalue weighted by Gasteiger charge is 2.44. The number of carbonyl (C=O) groups excluding carboxylic acids is 1. The lowest BCUT2D eigenvalue weighted by Crippen LogP contribution is -2.33. The molecule has 1 N–H and O–H groups in total. The lowest BCUT2D eigenvalue weighted by Gasteiger charge is -2.17. The second kappa shape index (κ2) is 5.90. The average molecular weight is 301 g/mol. The number of carbonyl (C=O) groups is 1. The van der Waals surface area contributed by atoms with Gasteiger partial charge in [0.05, 0.1) is 13.5 Å². The Kier molecular flexibility index (Phi) is 3.97. The van der Waals surface area contributed by atoms with Gasteiger partial charge in [0.2, 0.25) is 5.91 Å². The molecular formula is C17H19NO2S. The van der Waals surface area contributed by atoms with E-state index in [1.807, 2.05) is 29.6 Å². The first-order valence-electron chi connectivity index (χ1n) is 7.15. The molecule has 1 fully saturated rings. The molecule has 0 aliphatic heterocycles. The number of thiophene rings is 1. The number of ether oxygens (including phenoxy) is 1. The molecule has 4 heteroatoms. The summed E-state index contributed by atoms with van der Waals surface area (Å²) in [5.41, 5.74) is 1.43. The lowest BCUT2D eigenvalue weighted by atomic mass is 9.96. The molecule has 0 unspecified atom stereocenters. The van der Waals surface area contributed by atoms with E-state index >= 15 is 0 Å². The summed E-state index contributed by atoms with van der Waals surface area (Å²) in [5.74, 6) is 0.980. The van der Waals surface area contributed by atoms with Gasteiger partial charge in [-0.3, -0.25) is 4.79 Å². The standard InChI is InChI=1S/C17H19NO2S/c1-20-14-6-4-13(5-7-14)17(8-9-17)12-18-16(19)11-15-3-2-10-21-15/h2-7,10H,8-9,11-12H2,1H3,(H,18,19). The molecule has 1 aromatic carbocycles. The minimum absolute atomic E-state index is 0.109. The fourth-order valence-corrected chi connectivity index (χ4v) is 3.27. The topological polar surface area (TPSA) is 38.3 Å². The molecule has 0 spiro atoms.